The number of carbonyl (C=O) groups is 2. The molecule has 50 heavy (non-hydrogen) atoms. The molecule has 3 unspecified atom stereocenters. The molecule has 3 atom stereocenters. The van der Waals surface area contributed by atoms with E-state index in [0.717, 1.165) is 83.5 Å². The Morgan fingerprint density at radius 3 is 1.62 bits per heavy atom. The Bertz CT molecular complexity index is 838. The highest BCUT2D eigenvalue weighted by Gasteiger charge is 2.24. The molecule has 0 aromatic heterocycles. The van der Waals surface area contributed by atoms with Gasteiger partial charge in [-0.2, -0.15) is 0 Å². The summed E-state index contributed by atoms with van der Waals surface area (Å²) in [6.45, 7) is 6.29. The normalized spacial score (nSPS) is 13.8. The minimum atomic E-state index is -0.787. The van der Waals surface area contributed by atoms with E-state index in [1.807, 2.05) is 0 Å². The number of rotatable bonds is 37. The van der Waals surface area contributed by atoms with Crippen molar-refractivity contribution < 1.29 is 24.5 Å². The number of amides is 1. The van der Waals surface area contributed by atoms with Crippen LogP contribution in [-0.2, 0) is 14.3 Å². The van der Waals surface area contributed by atoms with Crippen LogP contribution in [-0.4, -0.2) is 46.9 Å². The predicted octanol–water partition coefficient (Wildman–Crippen LogP) is 11.8. The molecule has 0 aromatic rings. The van der Waals surface area contributed by atoms with Crippen LogP contribution in [0.2, 0.25) is 0 Å². The lowest BCUT2D eigenvalue weighted by molar-refractivity contribution is -0.151. The Kier molecular flexibility index (Phi) is 36.8. The van der Waals surface area contributed by atoms with Gasteiger partial charge in [-0.25, -0.2) is 0 Å². The molecule has 0 aliphatic heterocycles. The molecule has 0 spiro atoms. The number of aliphatic hydroxyl groups excluding tert-OH is 2. The summed E-state index contributed by atoms with van der Waals surface area (Å²) in [5, 5.41) is 23.5. The molecule has 0 aliphatic carbocycles. The molecule has 292 valence electrons. The highest BCUT2D eigenvalue weighted by atomic mass is 16.5. The topological polar surface area (TPSA) is 95.9 Å². The van der Waals surface area contributed by atoms with Crippen molar-refractivity contribution in [3.8, 4) is 0 Å². The van der Waals surface area contributed by atoms with E-state index in [4.69, 9.17) is 4.74 Å². The maximum Gasteiger partial charge on any atom is 0.306 e. The zero-order chi connectivity index (χ0) is 36.8. The van der Waals surface area contributed by atoms with Gasteiger partial charge in [-0.05, 0) is 44.9 Å². The number of esters is 1. The first kappa shape index (κ1) is 48.1. The average Bonchev–Trinajstić information content (AvgIpc) is 3.10. The first-order valence-corrected chi connectivity index (χ1v) is 21.2. The lowest BCUT2D eigenvalue weighted by Crippen LogP contribution is -2.46. The van der Waals surface area contributed by atoms with Crippen LogP contribution >= 0.6 is 0 Å². The van der Waals surface area contributed by atoms with Gasteiger partial charge in [-0.1, -0.05) is 186 Å². The van der Waals surface area contributed by atoms with Crippen molar-refractivity contribution in [1.29, 1.82) is 0 Å². The third-order valence-electron chi connectivity index (χ3n) is 9.54. The van der Waals surface area contributed by atoms with E-state index < -0.39 is 18.2 Å². The van der Waals surface area contributed by atoms with Crippen molar-refractivity contribution in [3.63, 3.8) is 0 Å². The summed E-state index contributed by atoms with van der Waals surface area (Å²) in [6, 6.07) is -0.702. The van der Waals surface area contributed by atoms with E-state index in [2.05, 4.69) is 62.5 Å². The fourth-order valence-electron chi connectivity index (χ4n) is 6.31. The number of unbranched alkanes of at least 4 members (excludes halogenated alkanes) is 21. The van der Waals surface area contributed by atoms with Gasteiger partial charge < -0.3 is 20.3 Å². The maximum absolute atomic E-state index is 13.1. The van der Waals surface area contributed by atoms with Gasteiger partial charge in [-0.3, -0.25) is 9.59 Å². The zero-order valence-corrected chi connectivity index (χ0v) is 33.0. The average molecular weight is 704 g/mol. The van der Waals surface area contributed by atoms with Crippen molar-refractivity contribution in [1.82, 2.24) is 5.32 Å². The third kappa shape index (κ3) is 33.2. The molecule has 0 saturated heterocycles. The van der Waals surface area contributed by atoms with Crippen LogP contribution in [0.25, 0.3) is 0 Å². The molecule has 0 rings (SSSR count). The number of hydrogen-bond acceptors (Lipinski definition) is 5. The first-order valence-electron chi connectivity index (χ1n) is 21.2. The second kappa shape index (κ2) is 38.3. The van der Waals surface area contributed by atoms with E-state index >= 15 is 0 Å². The van der Waals surface area contributed by atoms with Crippen LogP contribution in [0.4, 0.5) is 0 Å². The van der Waals surface area contributed by atoms with Gasteiger partial charge in [-0.15, -0.1) is 0 Å². The predicted molar refractivity (Wildman–Crippen MR) is 213 cm³/mol. The molecule has 3 N–H and O–H groups in total. The minimum absolute atomic E-state index is 0.0660. The molecule has 0 radical (unpaired) electrons. The summed E-state index contributed by atoms with van der Waals surface area (Å²) < 4.78 is 5.86. The van der Waals surface area contributed by atoms with Gasteiger partial charge in [0.2, 0.25) is 5.91 Å². The van der Waals surface area contributed by atoms with Crippen molar-refractivity contribution in [2.45, 2.75) is 225 Å². The fourth-order valence-corrected chi connectivity index (χ4v) is 6.31. The van der Waals surface area contributed by atoms with E-state index in [1.54, 1.807) is 0 Å². The van der Waals surface area contributed by atoms with Crippen molar-refractivity contribution >= 4 is 11.9 Å². The molecular weight excluding hydrogens is 622 g/mol. The molecule has 6 heteroatoms. The van der Waals surface area contributed by atoms with Gasteiger partial charge in [0.05, 0.1) is 25.2 Å². The Balaban J connectivity index is 4.65. The van der Waals surface area contributed by atoms with E-state index in [9.17, 15) is 19.8 Å². The van der Waals surface area contributed by atoms with Crippen LogP contribution in [0.5, 0.6) is 0 Å². The van der Waals surface area contributed by atoms with Crippen LogP contribution in [0.3, 0.4) is 0 Å². The SMILES string of the molecule is CC/C=C/C=C/C=C/CCCCCCCC(CC(=O)NC(CO)C(O)CCCCCCCCCCC)OC(=O)CCCCCCCCCCC. The van der Waals surface area contributed by atoms with E-state index in [0.29, 0.717) is 19.3 Å². The summed E-state index contributed by atoms with van der Waals surface area (Å²) in [5.74, 6) is -0.497. The van der Waals surface area contributed by atoms with Crippen LogP contribution in [0, 0.1) is 0 Å². The fraction of sp³-hybridized carbons (Fsp3) is 0.818. The van der Waals surface area contributed by atoms with Crippen molar-refractivity contribution in [3.05, 3.63) is 36.5 Å². The lowest BCUT2D eigenvalue weighted by atomic mass is 10.0. The number of aliphatic hydroxyl groups is 2. The Labute approximate surface area is 309 Å². The second-order valence-corrected chi connectivity index (χ2v) is 14.4. The van der Waals surface area contributed by atoms with Crippen LogP contribution in [0.15, 0.2) is 36.5 Å². The van der Waals surface area contributed by atoms with Gasteiger partial charge in [0.1, 0.15) is 6.10 Å². The Morgan fingerprint density at radius 1 is 0.600 bits per heavy atom. The van der Waals surface area contributed by atoms with Crippen LogP contribution < -0.4 is 5.32 Å². The number of ether oxygens (including phenoxy) is 1. The number of hydrogen-bond donors (Lipinski definition) is 3. The molecule has 6 nitrogen and oxygen atoms in total. The highest BCUT2D eigenvalue weighted by molar-refractivity contribution is 5.77. The molecule has 0 heterocycles. The van der Waals surface area contributed by atoms with Gasteiger partial charge in [0.25, 0.3) is 0 Å². The lowest BCUT2D eigenvalue weighted by Gasteiger charge is -2.24. The Hall–Kier alpha value is -1.92. The monoisotopic (exact) mass is 704 g/mol. The van der Waals surface area contributed by atoms with Gasteiger partial charge in [0, 0.05) is 6.42 Å². The molecule has 0 bridgehead atoms. The summed E-state index contributed by atoms with van der Waals surface area (Å²) in [6.07, 6.45) is 42.1. The molecule has 0 aliphatic rings. The van der Waals surface area contributed by atoms with Crippen molar-refractivity contribution in [2.75, 3.05) is 6.61 Å². The molecule has 1 amide bonds. The number of carbonyl (C=O) groups excluding carboxylic acids is 2. The maximum atomic E-state index is 13.1. The summed E-state index contributed by atoms with van der Waals surface area (Å²) in [5.41, 5.74) is 0. The first-order chi connectivity index (χ1) is 24.5. The quantitative estimate of drug-likeness (QED) is 0.0340. The summed E-state index contributed by atoms with van der Waals surface area (Å²) in [7, 11) is 0. The smallest absolute Gasteiger partial charge is 0.306 e. The minimum Gasteiger partial charge on any atom is -0.462 e. The summed E-state index contributed by atoms with van der Waals surface area (Å²) >= 11 is 0. The molecule has 0 aromatic carbocycles. The van der Waals surface area contributed by atoms with E-state index in [1.165, 1.54) is 77.0 Å². The zero-order valence-electron chi connectivity index (χ0n) is 33.0. The summed E-state index contributed by atoms with van der Waals surface area (Å²) in [4.78, 5) is 25.8. The number of allylic oxidation sites excluding steroid dienone is 6. The van der Waals surface area contributed by atoms with Gasteiger partial charge >= 0.3 is 5.97 Å². The Morgan fingerprint density at radius 2 is 1.08 bits per heavy atom. The standard InChI is InChI=1S/C44H81NO5/c1-4-7-10-13-16-19-20-21-22-25-26-29-32-35-40(50-44(49)37-34-31-28-24-18-15-12-9-6-3)38-43(48)45-41(39-46)42(47)36-33-30-27-23-17-14-11-8-5-2/h7,10,13,16,19-20,40-42,46-47H,4-6,8-9,11-12,14-15,17-18,21-39H2,1-3H3,(H,45,48)/b10-7+,16-13+,20-19+. The second-order valence-electron chi connectivity index (χ2n) is 14.4. The van der Waals surface area contributed by atoms with Crippen molar-refractivity contribution in [2.24, 2.45) is 0 Å². The number of nitrogens with one attached hydrogen (secondary N) is 1. The molecular formula is C44H81NO5. The van der Waals surface area contributed by atoms with Crippen LogP contribution in [0.1, 0.15) is 207 Å². The van der Waals surface area contributed by atoms with E-state index in [-0.39, 0.29) is 24.9 Å². The van der Waals surface area contributed by atoms with Gasteiger partial charge in [0.15, 0.2) is 0 Å². The molecule has 0 fully saturated rings. The highest BCUT2D eigenvalue weighted by Crippen LogP contribution is 2.17. The third-order valence-corrected chi connectivity index (χ3v) is 9.54. The molecule has 0 saturated carbocycles. The largest absolute Gasteiger partial charge is 0.462 e.